The second-order valence-electron chi connectivity index (χ2n) is 9.58. The van der Waals surface area contributed by atoms with Gasteiger partial charge in [0, 0.05) is 38.4 Å². The van der Waals surface area contributed by atoms with Crippen LogP contribution in [-0.4, -0.2) is 63.4 Å². The molecule has 0 N–H and O–H groups in total. The Morgan fingerprint density at radius 3 is 2.97 bits per heavy atom. The number of hydrogen-bond acceptors (Lipinski definition) is 5. The van der Waals surface area contributed by atoms with Gasteiger partial charge in [-0.1, -0.05) is 23.7 Å². The Balaban J connectivity index is 1.28. The van der Waals surface area contributed by atoms with Crippen LogP contribution < -0.4 is 4.90 Å². The van der Waals surface area contributed by atoms with Gasteiger partial charge in [-0.25, -0.2) is 4.98 Å². The van der Waals surface area contributed by atoms with Crippen molar-refractivity contribution in [2.75, 3.05) is 38.1 Å². The maximum atomic E-state index is 7.00. The molecule has 32 heavy (non-hydrogen) atoms. The average Bonchev–Trinajstić information content (AvgIpc) is 3.42. The Labute approximate surface area is 194 Å². The highest BCUT2D eigenvalue weighted by molar-refractivity contribution is 6.30. The van der Waals surface area contributed by atoms with Crippen molar-refractivity contribution in [1.82, 2.24) is 24.2 Å². The van der Waals surface area contributed by atoms with E-state index in [9.17, 15) is 0 Å². The third kappa shape index (κ3) is 3.49. The van der Waals surface area contributed by atoms with Gasteiger partial charge in [-0.3, -0.25) is 19.2 Å². The Hall–Kier alpha value is -2.15. The van der Waals surface area contributed by atoms with Crippen LogP contribution in [0.3, 0.4) is 0 Å². The van der Waals surface area contributed by atoms with Crippen LogP contribution in [-0.2, 0) is 13.0 Å². The summed E-state index contributed by atoms with van der Waals surface area (Å²) in [6, 6.07) is 11.6. The molecule has 3 aromatic rings. The molecular weight excluding hydrogens is 420 g/mol. The van der Waals surface area contributed by atoms with E-state index in [1.165, 1.54) is 42.9 Å². The minimum absolute atomic E-state index is 0.316. The lowest BCUT2D eigenvalue weighted by molar-refractivity contribution is 0.206. The molecule has 1 aliphatic carbocycles. The van der Waals surface area contributed by atoms with Gasteiger partial charge in [0.2, 0.25) is 0 Å². The molecule has 2 atom stereocenters. The highest BCUT2D eigenvalue weighted by Gasteiger charge is 2.32. The summed E-state index contributed by atoms with van der Waals surface area (Å²) in [7, 11) is 2.18. The number of piperazine rings is 1. The van der Waals surface area contributed by atoms with Crippen LogP contribution in [0.15, 0.2) is 36.5 Å². The number of rotatable bonds is 4. The lowest BCUT2D eigenvalue weighted by atomic mass is 9.91. The molecule has 2 saturated heterocycles. The van der Waals surface area contributed by atoms with E-state index in [1.807, 2.05) is 12.3 Å². The summed E-state index contributed by atoms with van der Waals surface area (Å²) in [4.78, 5) is 17.2. The molecule has 0 bridgehead atoms. The van der Waals surface area contributed by atoms with Crippen LogP contribution in [0, 0.1) is 0 Å². The minimum atomic E-state index is 0.316. The molecule has 3 aromatic heterocycles. The fourth-order valence-corrected chi connectivity index (χ4v) is 6.27. The number of anilines is 1. The third-order valence-electron chi connectivity index (χ3n) is 7.64. The number of nitrogens with zero attached hydrogens (tertiary/aromatic N) is 6. The predicted molar refractivity (Wildman–Crippen MR) is 128 cm³/mol. The van der Waals surface area contributed by atoms with E-state index in [0.717, 1.165) is 55.5 Å². The van der Waals surface area contributed by atoms with Gasteiger partial charge in [0.25, 0.3) is 0 Å². The molecule has 2 aliphatic heterocycles. The zero-order valence-electron chi connectivity index (χ0n) is 18.8. The zero-order valence-corrected chi connectivity index (χ0v) is 19.5. The van der Waals surface area contributed by atoms with Gasteiger partial charge in [-0.2, -0.15) is 0 Å². The van der Waals surface area contributed by atoms with Crippen molar-refractivity contribution >= 4 is 23.1 Å². The fourth-order valence-electron chi connectivity index (χ4n) is 6.00. The van der Waals surface area contributed by atoms with Crippen LogP contribution >= 0.6 is 11.6 Å². The van der Waals surface area contributed by atoms with E-state index in [0.29, 0.717) is 12.1 Å². The van der Waals surface area contributed by atoms with Crippen LogP contribution in [0.4, 0.5) is 5.82 Å². The van der Waals surface area contributed by atoms with Gasteiger partial charge >= 0.3 is 0 Å². The molecule has 5 heterocycles. The standard InChI is InChI=1S/C25H31ClN6/c1-29(21-9-2-6-18-7-4-12-27-24(18)21)17-20-25(26)32-22(28-20)10-3-11-23(32)31-15-14-30-13-5-8-19(30)16-31/h3-4,7,10-12,19,21H,2,5-6,8-9,13-17H2,1H3/t19-,21?/m0/s1. The normalized spacial score (nSPS) is 23.7. The number of aromatic nitrogens is 3. The number of halogens is 1. The second-order valence-corrected chi connectivity index (χ2v) is 9.93. The molecule has 7 heteroatoms. The Kier molecular flexibility index (Phi) is 5.32. The van der Waals surface area contributed by atoms with E-state index in [4.69, 9.17) is 21.6 Å². The first-order valence-corrected chi connectivity index (χ1v) is 12.4. The Morgan fingerprint density at radius 2 is 2.03 bits per heavy atom. The monoisotopic (exact) mass is 450 g/mol. The molecule has 3 aliphatic rings. The van der Waals surface area contributed by atoms with Crippen LogP contribution in [0.2, 0.25) is 5.15 Å². The molecule has 1 unspecified atom stereocenters. The number of hydrogen-bond donors (Lipinski definition) is 0. The number of fused-ring (bicyclic) bond motifs is 3. The summed E-state index contributed by atoms with van der Waals surface area (Å²) in [5, 5.41) is 0.744. The first kappa shape index (κ1) is 20.5. The van der Waals surface area contributed by atoms with Crippen molar-refractivity contribution in [3.05, 3.63) is 58.6 Å². The lowest BCUT2D eigenvalue weighted by Crippen LogP contribution is -2.50. The molecule has 2 fully saturated rings. The first-order valence-electron chi connectivity index (χ1n) is 12.0. The van der Waals surface area contributed by atoms with Crippen LogP contribution in [0.5, 0.6) is 0 Å². The largest absolute Gasteiger partial charge is 0.355 e. The minimum Gasteiger partial charge on any atom is -0.355 e. The van der Waals surface area contributed by atoms with Crippen LogP contribution in [0.25, 0.3) is 5.65 Å². The molecule has 168 valence electrons. The van der Waals surface area contributed by atoms with Gasteiger partial charge < -0.3 is 4.90 Å². The van der Waals surface area contributed by atoms with E-state index in [-0.39, 0.29) is 0 Å². The molecule has 0 spiro atoms. The van der Waals surface area contributed by atoms with Crippen LogP contribution in [0.1, 0.15) is 48.7 Å². The Bertz CT molecular complexity index is 1130. The zero-order chi connectivity index (χ0) is 21.7. The fraction of sp³-hybridized carbons (Fsp3) is 0.520. The summed E-state index contributed by atoms with van der Waals surface area (Å²) >= 11 is 7.00. The van der Waals surface area contributed by atoms with Crippen molar-refractivity contribution < 1.29 is 0 Å². The summed E-state index contributed by atoms with van der Waals surface area (Å²) in [5.74, 6) is 1.17. The predicted octanol–water partition coefficient (Wildman–Crippen LogP) is 4.18. The topological polar surface area (TPSA) is 39.9 Å². The number of imidazole rings is 1. The summed E-state index contributed by atoms with van der Waals surface area (Å²) in [6.45, 7) is 5.23. The molecule has 0 amide bonds. The summed E-state index contributed by atoms with van der Waals surface area (Å²) in [5.41, 5.74) is 4.48. The highest BCUT2D eigenvalue weighted by atomic mass is 35.5. The maximum absolute atomic E-state index is 7.00. The van der Waals surface area contributed by atoms with Crippen molar-refractivity contribution in [2.45, 2.75) is 50.7 Å². The molecule has 0 radical (unpaired) electrons. The van der Waals surface area contributed by atoms with E-state index < -0.39 is 0 Å². The van der Waals surface area contributed by atoms with Crippen molar-refractivity contribution in [3.8, 4) is 0 Å². The van der Waals surface area contributed by atoms with E-state index in [1.54, 1.807) is 0 Å². The smallest absolute Gasteiger partial charge is 0.139 e. The SMILES string of the molecule is CN(Cc1nc2cccc(N3CCN4CCC[C@H]4C3)n2c1Cl)C1CCCc2cccnc21. The molecule has 0 aromatic carbocycles. The van der Waals surface area contributed by atoms with Gasteiger partial charge in [0.15, 0.2) is 0 Å². The number of aryl methyl sites for hydroxylation is 1. The maximum Gasteiger partial charge on any atom is 0.139 e. The van der Waals surface area contributed by atoms with Gasteiger partial charge in [-0.05, 0) is 69.5 Å². The van der Waals surface area contributed by atoms with Gasteiger partial charge in [-0.15, -0.1) is 0 Å². The Morgan fingerprint density at radius 1 is 1.09 bits per heavy atom. The molecule has 0 saturated carbocycles. The quantitative estimate of drug-likeness (QED) is 0.596. The average molecular weight is 451 g/mol. The summed E-state index contributed by atoms with van der Waals surface area (Å²) < 4.78 is 2.16. The summed E-state index contributed by atoms with van der Waals surface area (Å²) in [6.07, 6.45) is 7.99. The number of pyridine rings is 2. The van der Waals surface area contributed by atoms with Crippen molar-refractivity contribution in [2.24, 2.45) is 0 Å². The first-order chi connectivity index (χ1) is 15.7. The third-order valence-corrected chi connectivity index (χ3v) is 8.03. The van der Waals surface area contributed by atoms with Crippen molar-refractivity contribution in [3.63, 3.8) is 0 Å². The highest BCUT2D eigenvalue weighted by Crippen LogP contribution is 2.34. The molecule has 6 nitrogen and oxygen atoms in total. The molecule has 6 rings (SSSR count). The van der Waals surface area contributed by atoms with Crippen molar-refractivity contribution in [1.29, 1.82) is 0 Å². The van der Waals surface area contributed by atoms with E-state index >= 15 is 0 Å². The van der Waals surface area contributed by atoms with Gasteiger partial charge in [0.1, 0.15) is 16.6 Å². The second kappa shape index (κ2) is 8.32. The van der Waals surface area contributed by atoms with Gasteiger partial charge in [0.05, 0.1) is 17.4 Å². The van der Waals surface area contributed by atoms with E-state index in [2.05, 4.69) is 50.4 Å². The lowest BCUT2D eigenvalue weighted by Gasteiger charge is -2.38. The molecular formula is C25H31ClN6.